The lowest BCUT2D eigenvalue weighted by Gasteiger charge is -2.25. The predicted molar refractivity (Wildman–Crippen MR) is 106 cm³/mol. The maximum absolute atomic E-state index is 12.7. The Kier molecular flexibility index (Phi) is 5.32. The summed E-state index contributed by atoms with van der Waals surface area (Å²) < 4.78 is 39.5. The third-order valence-electron chi connectivity index (χ3n) is 5.55. The SMILES string of the molecule is Cc1c(C(=O)NCC2CCCc3ccccc32)cnn1-c1ccc(C(F)(F)F)cn1. The van der Waals surface area contributed by atoms with E-state index in [4.69, 9.17) is 0 Å². The highest BCUT2D eigenvalue weighted by Crippen LogP contribution is 2.31. The van der Waals surface area contributed by atoms with Crippen molar-refractivity contribution in [3.05, 3.63) is 76.7 Å². The van der Waals surface area contributed by atoms with Gasteiger partial charge in [-0.3, -0.25) is 4.79 Å². The number of nitrogens with zero attached hydrogens (tertiary/aromatic N) is 3. The summed E-state index contributed by atoms with van der Waals surface area (Å²) in [6.07, 6.45) is 0.898. The lowest BCUT2D eigenvalue weighted by molar-refractivity contribution is -0.137. The Morgan fingerprint density at radius 3 is 2.73 bits per heavy atom. The van der Waals surface area contributed by atoms with Crippen LogP contribution in [0, 0.1) is 6.92 Å². The number of amides is 1. The average Bonchev–Trinajstić information content (AvgIpc) is 3.13. The highest BCUT2D eigenvalue weighted by atomic mass is 19.4. The summed E-state index contributed by atoms with van der Waals surface area (Å²) in [6.45, 7) is 2.22. The molecule has 30 heavy (non-hydrogen) atoms. The standard InChI is InChI=1S/C22H21F3N4O/c1-14-19(13-28-29(14)20-10-9-17(12-26-20)22(23,24)25)21(30)27-11-16-7-4-6-15-5-2-3-8-18(15)16/h2-3,5,8-10,12-13,16H,4,6-7,11H2,1H3,(H,27,30). The zero-order valence-corrected chi connectivity index (χ0v) is 16.4. The third-order valence-corrected chi connectivity index (χ3v) is 5.55. The van der Waals surface area contributed by atoms with Crippen LogP contribution in [0.15, 0.2) is 48.8 Å². The van der Waals surface area contributed by atoms with Crippen molar-refractivity contribution in [2.24, 2.45) is 0 Å². The van der Waals surface area contributed by atoms with Crippen molar-refractivity contribution in [3.8, 4) is 5.82 Å². The minimum Gasteiger partial charge on any atom is -0.351 e. The van der Waals surface area contributed by atoms with E-state index >= 15 is 0 Å². The minimum atomic E-state index is -4.45. The van der Waals surface area contributed by atoms with E-state index < -0.39 is 11.7 Å². The maximum Gasteiger partial charge on any atom is 0.417 e. The first-order chi connectivity index (χ1) is 14.3. The molecule has 1 atom stereocenters. The highest BCUT2D eigenvalue weighted by molar-refractivity contribution is 5.95. The first-order valence-electron chi connectivity index (χ1n) is 9.79. The van der Waals surface area contributed by atoms with Gasteiger partial charge in [0.15, 0.2) is 5.82 Å². The van der Waals surface area contributed by atoms with Gasteiger partial charge in [-0.25, -0.2) is 9.67 Å². The number of aryl methyl sites for hydroxylation is 1. The topological polar surface area (TPSA) is 59.8 Å². The number of nitrogens with one attached hydrogen (secondary N) is 1. The van der Waals surface area contributed by atoms with Crippen molar-refractivity contribution < 1.29 is 18.0 Å². The van der Waals surface area contributed by atoms with Crippen LogP contribution in [0.5, 0.6) is 0 Å². The number of pyridine rings is 1. The fourth-order valence-electron chi connectivity index (χ4n) is 3.92. The second-order valence-electron chi connectivity index (χ2n) is 7.46. The Labute approximate surface area is 171 Å². The first kappa shape index (κ1) is 20.1. The zero-order chi connectivity index (χ0) is 21.3. The molecule has 0 saturated heterocycles. The molecule has 2 aromatic heterocycles. The molecule has 1 aliphatic rings. The van der Waals surface area contributed by atoms with Gasteiger partial charge in [0.05, 0.1) is 23.0 Å². The lowest BCUT2D eigenvalue weighted by atomic mass is 9.83. The maximum atomic E-state index is 12.7. The first-order valence-corrected chi connectivity index (χ1v) is 9.79. The Morgan fingerprint density at radius 2 is 2.00 bits per heavy atom. The summed E-state index contributed by atoms with van der Waals surface area (Å²) >= 11 is 0. The van der Waals surface area contributed by atoms with Gasteiger partial charge in [0.2, 0.25) is 0 Å². The number of halogens is 3. The van der Waals surface area contributed by atoms with Crippen molar-refractivity contribution in [2.45, 2.75) is 38.3 Å². The van der Waals surface area contributed by atoms with Gasteiger partial charge in [-0.2, -0.15) is 18.3 Å². The van der Waals surface area contributed by atoms with Gasteiger partial charge in [-0.05, 0) is 49.4 Å². The second kappa shape index (κ2) is 7.93. The third kappa shape index (κ3) is 3.94. The molecule has 1 N–H and O–H groups in total. The zero-order valence-electron chi connectivity index (χ0n) is 16.4. The summed E-state index contributed by atoms with van der Waals surface area (Å²) in [5.41, 5.74) is 2.68. The number of hydrogen-bond donors (Lipinski definition) is 1. The molecule has 0 aliphatic heterocycles. The molecule has 5 nitrogen and oxygen atoms in total. The van der Waals surface area contributed by atoms with Gasteiger partial charge in [-0.1, -0.05) is 24.3 Å². The number of hydrogen-bond acceptors (Lipinski definition) is 3. The summed E-state index contributed by atoms with van der Waals surface area (Å²) in [5, 5.41) is 7.12. The average molecular weight is 414 g/mol. The van der Waals surface area contributed by atoms with E-state index in [-0.39, 0.29) is 17.6 Å². The molecule has 0 radical (unpaired) electrons. The fourth-order valence-corrected chi connectivity index (χ4v) is 3.92. The predicted octanol–water partition coefficient (Wildman–Crippen LogP) is 4.44. The van der Waals surface area contributed by atoms with Crippen LogP contribution in [-0.2, 0) is 12.6 Å². The molecule has 3 aromatic rings. The number of benzene rings is 1. The van der Waals surface area contributed by atoms with Crippen LogP contribution < -0.4 is 5.32 Å². The lowest BCUT2D eigenvalue weighted by Crippen LogP contribution is -2.30. The van der Waals surface area contributed by atoms with Crippen molar-refractivity contribution in [3.63, 3.8) is 0 Å². The van der Waals surface area contributed by atoms with E-state index in [0.29, 0.717) is 17.8 Å². The number of aromatic nitrogens is 3. The molecule has 1 unspecified atom stereocenters. The minimum absolute atomic E-state index is 0.223. The van der Waals surface area contributed by atoms with Crippen LogP contribution in [0.1, 0.15) is 51.5 Å². The smallest absolute Gasteiger partial charge is 0.351 e. The monoisotopic (exact) mass is 414 g/mol. The molecule has 2 heterocycles. The van der Waals surface area contributed by atoms with Crippen molar-refractivity contribution in [1.82, 2.24) is 20.1 Å². The fraction of sp³-hybridized carbons (Fsp3) is 0.318. The number of carbonyl (C=O) groups excluding carboxylic acids is 1. The Hall–Kier alpha value is -3.16. The molecule has 4 rings (SSSR count). The van der Waals surface area contributed by atoms with E-state index in [1.807, 2.05) is 12.1 Å². The van der Waals surface area contributed by atoms with Gasteiger partial charge in [0.25, 0.3) is 5.91 Å². The van der Waals surface area contributed by atoms with E-state index in [2.05, 4.69) is 27.5 Å². The molecule has 0 saturated carbocycles. The number of fused-ring (bicyclic) bond motifs is 1. The van der Waals surface area contributed by atoms with Crippen LogP contribution in [0.2, 0.25) is 0 Å². The van der Waals surface area contributed by atoms with E-state index in [9.17, 15) is 18.0 Å². The largest absolute Gasteiger partial charge is 0.417 e. The van der Waals surface area contributed by atoms with Crippen LogP contribution in [0.25, 0.3) is 5.82 Å². The van der Waals surface area contributed by atoms with Crippen molar-refractivity contribution in [2.75, 3.05) is 6.54 Å². The molecule has 1 aliphatic carbocycles. The Bertz CT molecular complexity index is 1060. The molecule has 156 valence electrons. The molecule has 0 fully saturated rings. The van der Waals surface area contributed by atoms with E-state index in [1.54, 1.807) is 6.92 Å². The number of carbonyl (C=O) groups is 1. The molecular formula is C22H21F3N4O. The summed E-state index contributed by atoms with van der Waals surface area (Å²) in [6, 6.07) is 10.5. The molecular weight excluding hydrogens is 393 g/mol. The summed E-state index contributed by atoms with van der Waals surface area (Å²) in [7, 11) is 0. The van der Waals surface area contributed by atoms with Crippen molar-refractivity contribution >= 4 is 5.91 Å². The number of alkyl halides is 3. The van der Waals surface area contributed by atoms with Gasteiger partial charge < -0.3 is 5.32 Å². The number of rotatable bonds is 4. The molecule has 1 amide bonds. The molecule has 1 aromatic carbocycles. The van der Waals surface area contributed by atoms with E-state index in [0.717, 1.165) is 31.5 Å². The van der Waals surface area contributed by atoms with E-state index in [1.165, 1.54) is 28.1 Å². The molecule has 0 spiro atoms. The molecule has 8 heteroatoms. The summed E-state index contributed by atoms with van der Waals surface area (Å²) in [4.78, 5) is 16.6. The molecule has 0 bridgehead atoms. The van der Waals surface area contributed by atoms with Crippen LogP contribution in [0.3, 0.4) is 0 Å². The van der Waals surface area contributed by atoms with Gasteiger partial charge in [-0.15, -0.1) is 0 Å². The van der Waals surface area contributed by atoms with Gasteiger partial charge >= 0.3 is 6.18 Å². The van der Waals surface area contributed by atoms with Crippen LogP contribution in [0.4, 0.5) is 13.2 Å². The normalized spacial score (nSPS) is 16.2. The second-order valence-corrected chi connectivity index (χ2v) is 7.46. The quantitative estimate of drug-likeness (QED) is 0.687. The van der Waals surface area contributed by atoms with Gasteiger partial charge in [0.1, 0.15) is 0 Å². The summed E-state index contributed by atoms with van der Waals surface area (Å²) in [5.74, 6) is 0.236. The Balaban J connectivity index is 1.47. The van der Waals surface area contributed by atoms with Crippen molar-refractivity contribution in [1.29, 1.82) is 0 Å². The van der Waals surface area contributed by atoms with Crippen LogP contribution >= 0.6 is 0 Å². The van der Waals surface area contributed by atoms with Crippen LogP contribution in [-0.4, -0.2) is 27.2 Å². The highest BCUT2D eigenvalue weighted by Gasteiger charge is 2.31. The Morgan fingerprint density at radius 1 is 1.20 bits per heavy atom. The van der Waals surface area contributed by atoms with Gasteiger partial charge in [0, 0.05) is 18.7 Å².